The molecule has 0 aromatic heterocycles. The molecule has 0 heterocycles. The van der Waals surface area contributed by atoms with E-state index in [1.165, 1.54) is 0 Å². The lowest BCUT2D eigenvalue weighted by Gasteiger charge is -2.32. The highest BCUT2D eigenvalue weighted by molar-refractivity contribution is 7.80. The van der Waals surface area contributed by atoms with Crippen molar-refractivity contribution in [2.24, 2.45) is 10.8 Å². The third kappa shape index (κ3) is 5.80. The topological polar surface area (TPSA) is 166 Å². The molecular weight excluding hydrogens is 314 g/mol. The van der Waals surface area contributed by atoms with Crippen molar-refractivity contribution >= 4 is 42.5 Å². The third-order valence-electron chi connectivity index (χ3n) is 2.47. The summed E-state index contributed by atoms with van der Waals surface area (Å²) >= 11 is 3.84. The maximum Gasteiger partial charge on any atom is 0.332 e. The van der Waals surface area contributed by atoms with Gasteiger partial charge in [0.2, 0.25) is 5.91 Å². The van der Waals surface area contributed by atoms with Crippen LogP contribution in [0.15, 0.2) is 5.10 Å². The van der Waals surface area contributed by atoms with E-state index in [1.807, 2.05) is 0 Å². The van der Waals surface area contributed by atoms with Crippen molar-refractivity contribution in [3.05, 3.63) is 0 Å². The number of thiol groups is 1. The molecule has 0 saturated heterocycles. The molecule has 0 unspecified atom stereocenters. The second kappa shape index (κ2) is 9.35. The monoisotopic (exact) mass is 329 g/mol. The first kappa shape index (κ1) is 19.4. The zero-order chi connectivity index (χ0) is 17.3. The van der Waals surface area contributed by atoms with E-state index in [-0.39, 0.29) is 5.75 Å². The van der Waals surface area contributed by atoms with Crippen LogP contribution in [0.4, 0.5) is 4.79 Å². The van der Waals surface area contributed by atoms with Crippen molar-refractivity contribution in [3.8, 4) is 6.07 Å². The number of carbonyl (C=O) groups is 4. The van der Waals surface area contributed by atoms with E-state index in [1.54, 1.807) is 11.5 Å². The van der Waals surface area contributed by atoms with E-state index >= 15 is 0 Å². The quantitative estimate of drug-likeness (QED) is 0.246. The molecule has 0 rings (SSSR count). The molecule has 0 bridgehead atoms. The van der Waals surface area contributed by atoms with Crippen molar-refractivity contribution < 1.29 is 24.3 Å². The number of rotatable bonds is 8. The Balaban J connectivity index is 5.47. The maximum absolute atomic E-state index is 12.0. The Morgan fingerprint density at radius 3 is 2.41 bits per heavy atom. The molecule has 10 nitrogen and oxygen atoms in total. The molecule has 0 aliphatic heterocycles. The lowest BCUT2D eigenvalue weighted by molar-refractivity contribution is -0.151. The van der Waals surface area contributed by atoms with Gasteiger partial charge in [-0.1, -0.05) is 0 Å². The summed E-state index contributed by atoms with van der Waals surface area (Å²) < 4.78 is 0. The first-order valence-electron chi connectivity index (χ1n) is 5.88. The van der Waals surface area contributed by atoms with Gasteiger partial charge in [0.1, 0.15) is 12.1 Å². The Kier molecular flexibility index (Phi) is 8.24. The number of carbonyl (C=O) groups excluding carboxylic acids is 3. The van der Waals surface area contributed by atoms with Crippen LogP contribution in [0.2, 0.25) is 0 Å². The van der Waals surface area contributed by atoms with Crippen LogP contribution in [0.3, 0.4) is 0 Å². The van der Waals surface area contributed by atoms with Crippen molar-refractivity contribution in [2.75, 3.05) is 5.75 Å². The van der Waals surface area contributed by atoms with Crippen LogP contribution >= 0.6 is 12.6 Å². The average molecular weight is 329 g/mol. The van der Waals surface area contributed by atoms with Gasteiger partial charge in [-0.05, 0) is 0 Å². The zero-order valence-electron chi connectivity index (χ0n) is 11.6. The largest absolute Gasteiger partial charge is 0.480 e. The normalized spacial score (nSPS) is 13.0. The number of hydrogen-bond donors (Lipinski definition) is 4. The van der Waals surface area contributed by atoms with Gasteiger partial charge in [0, 0.05) is 12.7 Å². The van der Waals surface area contributed by atoms with Gasteiger partial charge in [0.25, 0.3) is 0 Å². The molecular formula is C11H15N5O5S. The van der Waals surface area contributed by atoms with E-state index in [4.69, 9.17) is 16.1 Å². The molecule has 0 aromatic rings. The van der Waals surface area contributed by atoms with Crippen LogP contribution < -0.4 is 11.2 Å². The van der Waals surface area contributed by atoms with Crippen molar-refractivity contribution in [2.45, 2.75) is 25.4 Å². The third-order valence-corrected chi connectivity index (χ3v) is 2.82. The first-order valence-corrected chi connectivity index (χ1v) is 6.51. The summed E-state index contributed by atoms with van der Waals surface area (Å²) in [6.45, 7) is 1.07. The second-order valence-electron chi connectivity index (χ2n) is 3.98. The summed E-state index contributed by atoms with van der Waals surface area (Å²) in [6, 6.07) is -2.07. The van der Waals surface area contributed by atoms with Crippen molar-refractivity contribution in [1.82, 2.24) is 10.3 Å². The van der Waals surface area contributed by atoms with E-state index < -0.39 is 42.2 Å². The van der Waals surface area contributed by atoms with Crippen LogP contribution in [-0.2, 0) is 14.4 Å². The minimum atomic E-state index is -1.39. The van der Waals surface area contributed by atoms with Crippen molar-refractivity contribution in [3.63, 3.8) is 0 Å². The molecule has 0 spiro atoms. The summed E-state index contributed by atoms with van der Waals surface area (Å²) in [4.78, 5) is 46.0. The van der Waals surface area contributed by atoms with Crippen LogP contribution in [-0.4, -0.2) is 57.7 Å². The van der Waals surface area contributed by atoms with Crippen LogP contribution in [0, 0.1) is 11.3 Å². The highest BCUT2D eigenvalue weighted by atomic mass is 32.1. The van der Waals surface area contributed by atoms with Gasteiger partial charge >= 0.3 is 12.0 Å². The fourth-order valence-corrected chi connectivity index (χ4v) is 1.94. The van der Waals surface area contributed by atoms with Crippen LogP contribution in [0.1, 0.15) is 13.3 Å². The SMILES string of the molecule is CC(=O)N([C@@H](CS)C(=O)O)[C@@H](CC#N)C(=O)C=NNC(N)=O. The smallest absolute Gasteiger partial charge is 0.332 e. The number of nitrogens with two attached hydrogens (primary N) is 1. The lowest BCUT2D eigenvalue weighted by Crippen LogP contribution is -2.54. The molecule has 0 aliphatic carbocycles. The Labute approximate surface area is 131 Å². The fraction of sp³-hybridized carbons (Fsp3) is 0.455. The number of aliphatic carboxylic acids is 1. The lowest BCUT2D eigenvalue weighted by atomic mass is 10.1. The number of amides is 3. The summed E-state index contributed by atoms with van der Waals surface area (Å²) in [5.74, 6) is -3.17. The highest BCUT2D eigenvalue weighted by Gasteiger charge is 2.35. The van der Waals surface area contributed by atoms with Gasteiger partial charge in [0.15, 0.2) is 5.78 Å². The number of primary amides is 1. The van der Waals surface area contributed by atoms with Gasteiger partial charge in [-0.2, -0.15) is 23.0 Å². The number of Topliss-reactive ketones (excluding diaryl/α,β-unsaturated/α-hetero) is 1. The van der Waals surface area contributed by atoms with Crippen molar-refractivity contribution in [1.29, 1.82) is 5.26 Å². The van der Waals surface area contributed by atoms with Crippen LogP contribution in [0.5, 0.6) is 0 Å². The second-order valence-corrected chi connectivity index (χ2v) is 4.34. The number of nitrogens with one attached hydrogen (secondary N) is 1. The number of ketones is 1. The van der Waals surface area contributed by atoms with Gasteiger partial charge < -0.3 is 15.7 Å². The summed E-state index contributed by atoms with van der Waals surface area (Å²) in [5.41, 5.74) is 6.53. The molecule has 3 amide bonds. The molecule has 22 heavy (non-hydrogen) atoms. The fourth-order valence-electron chi connectivity index (χ4n) is 1.61. The minimum absolute atomic E-state index is 0.249. The van der Waals surface area contributed by atoms with Gasteiger partial charge in [-0.3, -0.25) is 9.59 Å². The number of nitriles is 1. The summed E-state index contributed by atoms with van der Waals surface area (Å²) in [5, 5.41) is 21.1. The Morgan fingerprint density at radius 2 is 2.05 bits per heavy atom. The molecule has 120 valence electrons. The Morgan fingerprint density at radius 1 is 1.45 bits per heavy atom. The molecule has 0 saturated carbocycles. The van der Waals surface area contributed by atoms with E-state index in [0.29, 0.717) is 6.21 Å². The van der Waals surface area contributed by atoms with Gasteiger partial charge in [-0.15, -0.1) is 0 Å². The Hall–Kier alpha value is -2.61. The Bertz CT molecular complexity index is 529. The molecule has 11 heteroatoms. The van der Waals surface area contributed by atoms with Gasteiger partial charge in [0.05, 0.1) is 18.7 Å². The van der Waals surface area contributed by atoms with Gasteiger partial charge in [-0.25, -0.2) is 15.0 Å². The predicted molar refractivity (Wildman–Crippen MR) is 78.0 cm³/mol. The minimum Gasteiger partial charge on any atom is -0.480 e. The standard InChI is InChI=1S/C11H15N5O5S/c1-6(17)16(8(5-22)10(19)20)7(2-3-12)9(18)4-14-15-11(13)21/h4,7-8,22H,2,5H2,1H3,(H,19,20)(H3,13,15,21)/t7-,8-/m0/s1. The van der Waals surface area contributed by atoms with E-state index in [2.05, 4.69) is 17.7 Å². The zero-order valence-corrected chi connectivity index (χ0v) is 12.5. The first-order chi connectivity index (χ1) is 10.3. The number of carboxylic acid groups (broad SMARTS) is 1. The highest BCUT2D eigenvalue weighted by Crippen LogP contribution is 2.13. The van der Waals surface area contributed by atoms with E-state index in [9.17, 15) is 19.2 Å². The number of carboxylic acids is 1. The number of hydrazone groups is 1. The molecule has 2 atom stereocenters. The molecule has 0 radical (unpaired) electrons. The summed E-state index contributed by atoms with van der Waals surface area (Å²) in [7, 11) is 0. The van der Waals surface area contributed by atoms with Crippen LogP contribution in [0.25, 0.3) is 0 Å². The summed E-state index contributed by atoms with van der Waals surface area (Å²) in [6.07, 6.45) is 0.207. The molecule has 0 aromatic carbocycles. The molecule has 0 fully saturated rings. The average Bonchev–Trinajstić information content (AvgIpc) is 2.41. The predicted octanol–water partition coefficient (Wildman–Crippen LogP) is -1.28. The van der Waals surface area contributed by atoms with E-state index in [0.717, 1.165) is 11.8 Å². The molecule has 0 aliphatic rings. The molecule has 4 N–H and O–H groups in total. The maximum atomic E-state index is 12.0. The number of nitrogens with zero attached hydrogens (tertiary/aromatic N) is 3. The number of hydrogen-bond acceptors (Lipinski definition) is 7. The number of urea groups is 1.